The number of unbranched alkanes of at least 4 members (excludes halogenated alkanes) is 63. The molecule has 2 saturated heterocycles. The van der Waals surface area contributed by atoms with Gasteiger partial charge in [0, 0.05) is 6.42 Å². The maximum Gasteiger partial charge on any atom is 0.220 e. The molecular formula is C94H179NO13. The Morgan fingerprint density at radius 3 is 0.935 bits per heavy atom. The van der Waals surface area contributed by atoms with E-state index in [1.165, 1.54) is 372 Å². The Bertz CT molecular complexity index is 1960. The minimum Gasteiger partial charge on any atom is -0.394 e. The molecule has 12 atom stereocenters. The van der Waals surface area contributed by atoms with Crippen LogP contribution in [0.5, 0.6) is 0 Å². The smallest absolute Gasteiger partial charge is 0.220 e. The number of rotatable bonds is 82. The highest BCUT2D eigenvalue weighted by molar-refractivity contribution is 5.76. The van der Waals surface area contributed by atoms with E-state index in [0.29, 0.717) is 12.8 Å². The second-order valence-electron chi connectivity index (χ2n) is 33.5. The third-order valence-electron chi connectivity index (χ3n) is 23.4. The van der Waals surface area contributed by atoms with Crippen molar-refractivity contribution in [3.63, 3.8) is 0 Å². The minimum atomic E-state index is -1.78. The predicted molar refractivity (Wildman–Crippen MR) is 452 cm³/mol. The molecule has 9 N–H and O–H groups in total. The van der Waals surface area contributed by atoms with Gasteiger partial charge < -0.3 is 65.1 Å². The van der Waals surface area contributed by atoms with Gasteiger partial charge in [0.1, 0.15) is 48.8 Å². The fourth-order valence-electron chi connectivity index (χ4n) is 16.0. The second-order valence-corrected chi connectivity index (χ2v) is 33.5. The second kappa shape index (κ2) is 77.8. The standard InChI is InChI=1S/C94H179NO13/c1-3-5-7-9-11-13-15-17-19-21-23-25-27-29-31-33-35-37-38-39-40-41-42-43-44-46-48-50-52-54-56-58-60-62-64-66-68-70-72-74-76-78-86(99)95-82(81-105-93-91(104)89(102)92(85(80-97)107-93)108-94-90(103)88(101)87(100)84(79-96)106-94)83(98)77-75-73-71-69-67-65-63-61-59-57-55-53-51-49-47-45-36-34-32-30-28-26-24-22-20-18-16-14-12-10-8-6-4-2/h15,17,21,23,27,29,82-85,87-94,96-98,100-104H,3-14,16,18-20,22,24-26,28,30-81H2,1-2H3,(H,95,99)/b17-15-,23-21-,29-27-. The van der Waals surface area contributed by atoms with E-state index < -0.39 is 86.8 Å². The Labute approximate surface area is 665 Å². The summed E-state index contributed by atoms with van der Waals surface area (Å²) in [6, 6.07) is -0.829. The molecule has 1 amide bonds. The molecule has 2 fully saturated rings. The van der Waals surface area contributed by atoms with Crippen LogP contribution in [0.15, 0.2) is 36.5 Å². The number of aliphatic hydroxyl groups is 8. The van der Waals surface area contributed by atoms with Crippen LogP contribution in [0, 0.1) is 0 Å². The highest BCUT2D eigenvalue weighted by Crippen LogP contribution is 2.31. The van der Waals surface area contributed by atoms with Crippen molar-refractivity contribution in [2.75, 3.05) is 19.8 Å². The molecule has 0 saturated carbocycles. The predicted octanol–water partition coefficient (Wildman–Crippen LogP) is 23.5. The zero-order chi connectivity index (χ0) is 77.9. The Morgan fingerprint density at radius 2 is 0.611 bits per heavy atom. The lowest BCUT2D eigenvalue weighted by Gasteiger charge is -2.46. The molecule has 2 aliphatic heterocycles. The Morgan fingerprint density at radius 1 is 0.333 bits per heavy atom. The molecule has 0 aromatic rings. The van der Waals surface area contributed by atoms with Gasteiger partial charge in [-0.2, -0.15) is 0 Å². The van der Waals surface area contributed by atoms with Gasteiger partial charge in [-0.25, -0.2) is 0 Å². The van der Waals surface area contributed by atoms with Gasteiger partial charge in [-0.1, -0.05) is 442 Å². The number of ether oxygens (including phenoxy) is 4. The lowest BCUT2D eigenvalue weighted by Crippen LogP contribution is -2.65. The Balaban J connectivity index is 1.53. The van der Waals surface area contributed by atoms with Gasteiger partial charge in [0.25, 0.3) is 0 Å². The molecule has 108 heavy (non-hydrogen) atoms. The molecular weight excluding hydrogens is 1350 g/mol. The fraction of sp³-hybridized carbons (Fsp3) is 0.926. The van der Waals surface area contributed by atoms with Crippen molar-refractivity contribution >= 4 is 5.91 Å². The van der Waals surface area contributed by atoms with Crippen LogP contribution in [-0.4, -0.2) is 140 Å². The van der Waals surface area contributed by atoms with Crippen molar-refractivity contribution in [3.05, 3.63) is 36.5 Å². The van der Waals surface area contributed by atoms with Gasteiger partial charge in [-0.15, -0.1) is 0 Å². The number of aliphatic hydroxyl groups excluding tert-OH is 8. The number of carbonyl (C=O) groups is 1. The summed E-state index contributed by atoms with van der Waals surface area (Å²) in [6.07, 6.45) is 88.1. The summed E-state index contributed by atoms with van der Waals surface area (Å²) in [6.45, 7) is 2.93. The quantitative estimate of drug-likeness (QED) is 0.0204. The van der Waals surface area contributed by atoms with Crippen molar-refractivity contribution in [2.24, 2.45) is 0 Å². The number of amides is 1. The van der Waals surface area contributed by atoms with Crippen LogP contribution in [0.3, 0.4) is 0 Å². The lowest BCUT2D eigenvalue weighted by molar-refractivity contribution is -0.359. The fourth-order valence-corrected chi connectivity index (χ4v) is 16.0. The van der Waals surface area contributed by atoms with E-state index in [9.17, 15) is 45.6 Å². The Kier molecular flexibility index (Phi) is 73.7. The summed E-state index contributed by atoms with van der Waals surface area (Å²) in [5.74, 6) is -0.195. The van der Waals surface area contributed by atoms with Crippen LogP contribution < -0.4 is 5.32 Å². The van der Waals surface area contributed by atoms with E-state index in [0.717, 1.165) is 64.2 Å². The highest BCUT2D eigenvalue weighted by atomic mass is 16.7. The number of carbonyl (C=O) groups excluding carboxylic acids is 1. The van der Waals surface area contributed by atoms with Gasteiger partial charge in [0.15, 0.2) is 12.6 Å². The summed E-state index contributed by atoms with van der Waals surface area (Å²) in [5, 5.41) is 88.1. The first-order chi connectivity index (χ1) is 53.1. The molecule has 638 valence electrons. The first-order valence-corrected chi connectivity index (χ1v) is 47.2. The molecule has 0 bridgehead atoms. The minimum absolute atomic E-state index is 0.195. The molecule has 14 heteroatoms. The summed E-state index contributed by atoms with van der Waals surface area (Å²) in [5.41, 5.74) is 0. The average Bonchev–Trinajstić information content (AvgIpc) is 0.789. The zero-order valence-electron chi connectivity index (χ0n) is 70.6. The van der Waals surface area contributed by atoms with E-state index in [2.05, 4.69) is 55.6 Å². The zero-order valence-corrected chi connectivity index (χ0v) is 70.6. The van der Waals surface area contributed by atoms with Crippen LogP contribution >= 0.6 is 0 Å². The first-order valence-electron chi connectivity index (χ1n) is 47.2. The molecule has 2 rings (SSSR count). The molecule has 2 heterocycles. The SMILES string of the molecule is CCCCCCC/C=C\C/C=C\C/C=C\CCCCCCCCCCCCCCCCCCCCCCCCCCCCC(=O)NC(COC1OC(CO)C(OC2OC(CO)C(O)C(O)C2O)C(O)C1O)C(O)CCCCCCCCCCCCCCCCCCCCCCCCCCCCCCCCCCC. The van der Waals surface area contributed by atoms with Gasteiger partial charge in [0.2, 0.25) is 5.91 Å². The molecule has 2 aliphatic rings. The van der Waals surface area contributed by atoms with Gasteiger partial charge >= 0.3 is 0 Å². The summed E-state index contributed by atoms with van der Waals surface area (Å²) in [7, 11) is 0. The van der Waals surface area contributed by atoms with E-state index in [1.807, 2.05) is 0 Å². The monoisotopic (exact) mass is 1530 g/mol. The molecule has 14 nitrogen and oxygen atoms in total. The number of nitrogens with one attached hydrogen (secondary N) is 1. The largest absolute Gasteiger partial charge is 0.394 e. The van der Waals surface area contributed by atoms with Crippen LogP contribution in [0.4, 0.5) is 0 Å². The maximum atomic E-state index is 13.5. The molecule has 12 unspecified atom stereocenters. The maximum absolute atomic E-state index is 13.5. The van der Waals surface area contributed by atoms with Crippen LogP contribution in [0.2, 0.25) is 0 Å². The van der Waals surface area contributed by atoms with Gasteiger partial charge in [-0.05, 0) is 51.4 Å². The molecule has 0 aromatic heterocycles. The van der Waals surface area contributed by atoms with Crippen molar-refractivity contribution in [1.29, 1.82) is 0 Å². The van der Waals surface area contributed by atoms with Crippen LogP contribution in [0.25, 0.3) is 0 Å². The lowest BCUT2D eigenvalue weighted by atomic mass is 9.97. The van der Waals surface area contributed by atoms with Crippen molar-refractivity contribution in [1.82, 2.24) is 5.32 Å². The van der Waals surface area contributed by atoms with Crippen LogP contribution in [-0.2, 0) is 23.7 Å². The number of hydrogen-bond donors (Lipinski definition) is 9. The third kappa shape index (κ3) is 59.0. The van der Waals surface area contributed by atoms with Crippen LogP contribution in [0.1, 0.15) is 463 Å². The van der Waals surface area contributed by atoms with Gasteiger partial charge in [0.05, 0.1) is 32.0 Å². The summed E-state index contributed by atoms with van der Waals surface area (Å²) >= 11 is 0. The van der Waals surface area contributed by atoms with E-state index in [-0.39, 0.29) is 12.5 Å². The van der Waals surface area contributed by atoms with Gasteiger partial charge in [-0.3, -0.25) is 4.79 Å². The molecule has 0 radical (unpaired) electrons. The number of hydrogen-bond acceptors (Lipinski definition) is 13. The third-order valence-corrected chi connectivity index (χ3v) is 23.4. The molecule has 0 spiro atoms. The average molecular weight is 1530 g/mol. The molecule has 0 aliphatic carbocycles. The highest BCUT2D eigenvalue weighted by Gasteiger charge is 2.51. The summed E-state index contributed by atoms with van der Waals surface area (Å²) in [4.78, 5) is 13.5. The van der Waals surface area contributed by atoms with E-state index in [1.54, 1.807) is 0 Å². The van der Waals surface area contributed by atoms with Crippen molar-refractivity contribution < 1.29 is 64.6 Å². The Hall–Kier alpha value is -1.79. The van der Waals surface area contributed by atoms with E-state index >= 15 is 0 Å². The first kappa shape index (κ1) is 102. The normalized spacial score (nSPS) is 21.2. The topological polar surface area (TPSA) is 228 Å². The summed E-state index contributed by atoms with van der Waals surface area (Å²) < 4.78 is 23.1. The molecule has 0 aromatic carbocycles. The number of allylic oxidation sites excluding steroid dienone is 6. The van der Waals surface area contributed by atoms with Crippen molar-refractivity contribution in [2.45, 2.75) is 537 Å². The van der Waals surface area contributed by atoms with E-state index in [4.69, 9.17) is 18.9 Å². The van der Waals surface area contributed by atoms with Crippen molar-refractivity contribution in [3.8, 4) is 0 Å².